The fourth-order valence-corrected chi connectivity index (χ4v) is 2.07. The average Bonchev–Trinajstić information content (AvgIpc) is 2.42. The van der Waals surface area contributed by atoms with E-state index in [-0.39, 0.29) is 0 Å². The molecule has 3 heteroatoms. The zero-order valence-corrected chi connectivity index (χ0v) is 14.1. The highest BCUT2D eigenvalue weighted by Gasteiger charge is 2.06. The number of allylic oxidation sites excluding steroid dienone is 1. The van der Waals surface area contributed by atoms with Crippen LogP contribution < -0.4 is 9.64 Å². The first-order valence-corrected chi connectivity index (χ1v) is 7.79. The normalized spacial score (nSPS) is 11.6. The molecule has 1 N–H and O–H groups in total. The topological polar surface area (TPSA) is 16.7 Å². The molecule has 116 valence electrons. The van der Waals surface area contributed by atoms with Gasteiger partial charge in [0.15, 0.2) is 6.21 Å². The van der Waals surface area contributed by atoms with E-state index in [0.717, 1.165) is 18.8 Å². The lowest BCUT2D eigenvalue weighted by atomic mass is 10.1. The van der Waals surface area contributed by atoms with Crippen LogP contribution in [0.1, 0.15) is 31.7 Å². The first-order valence-electron chi connectivity index (χ1n) is 7.79. The van der Waals surface area contributed by atoms with E-state index in [4.69, 9.17) is 4.74 Å². The molecule has 0 amide bonds. The largest absolute Gasteiger partial charge is 0.494 e. The highest BCUT2D eigenvalue weighted by molar-refractivity contribution is 6.06. The Balaban J connectivity index is 2.76. The van der Waals surface area contributed by atoms with Crippen LogP contribution in [-0.2, 0) is 0 Å². The number of quaternary nitrogens is 1. The number of nitrogens with zero attached hydrogens (tertiary/aromatic N) is 1. The molecule has 21 heavy (non-hydrogen) atoms. The number of benzene rings is 1. The molecule has 0 bridgehead atoms. The molecule has 0 aliphatic carbocycles. The summed E-state index contributed by atoms with van der Waals surface area (Å²) >= 11 is 0. The van der Waals surface area contributed by atoms with Crippen molar-refractivity contribution in [3.63, 3.8) is 0 Å². The van der Waals surface area contributed by atoms with Crippen molar-refractivity contribution in [2.75, 3.05) is 34.8 Å². The summed E-state index contributed by atoms with van der Waals surface area (Å²) in [6.07, 6.45) is 7.93. The first kappa shape index (κ1) is 17.4. The molecular weight excluding hydrogens is 260 g/mol. The molecule has 0 aliphatic heterocycles. The fourth-order valence-electron chi connectivity index (χ4n) is 2.07. The van der Waals surface area contributed by atoms with Crippen molar-refractivity contribution >= 4 is 11.8 Å². The number of rotatable bonds is 8. The van der Waals surface area contributed by atoms with Gasteiger partial charge in [-0.25, -0.2) is 4.58 Å². The van der Waals surface area contributed by atoms with Gasteiger partial charge in [-0.15, -0.1) is 0 Å². The van der Waals surface area contributed by atoms with Gasteiger partial charge in [0.1, 0.15) is 26.0 Å². The Labute approximate surface area is 129 Å². The maximum absolute atomic E-state index is 5.76. The van der Waals surface area contributed by atoms with Crippen molar-refractivity contribution in [2.24, 2.45) is 0 Å². The standard InChI is InChI=1S/C18H29N2O/c1-6-7-8-13-21-18-11-9-16(10-12-18)17(14-19(2)3)15-20(4)5/h9-12,14-15H,6-8,13H2,1-5H3/q+1/p+1. The van der Waals surface area contributed by atoms with E-state index < -0.39 is 0 Å². The third-order valence-corrected chi connectivity index (χ3v) is 3.05. The minimum atomic E-state index is 0.807. The Morgan fingerprint density at radius 1 is 1.14 bits per heavy atom. The van der Waals surface area contributed by atoms with Crippen molar-refractivity contribution in [1.82, 2.24) is 0 Å². The second-order valence-corrected chi connectivity index (χ2v) is 5.85. The van der Waals surface area contributed by atoms with E-state index in [0.29, 0.717) is 0 Å². The minimum absolute atomic E-state index is 0.807. The summed E-state index contributed by atoms with van der Waals surface area (Å²) in [4.78, 5) is 1.29. The molecule has 0 aliphatic rings. The van der Waals surface area contributed by atoms with Gasteiger partial charge in [-0.1, -0.05) is 31.9 Å². The summed E-state index contributed by atoms with van der Waals surface area (Å²) in [6, 6.07) is 8.38. The molecule has 0 saturated carbocycles. The van der Waals surface area contributed by atoms with Crippen molar-refractivity contribution in [3.05, 3.63) is 36.0 Å². The smallest absolute Gasteiger partial charge is 0.176 e. The van der Waals surface area contributed by atoms with Gasteiger partial charge in [0.05, 0.1) is 26.3 Å². The van der Waals surface area contributed by atoms with Crippen LogP contribution in [0.4, 0.5) is 0 Å². The zero-order chi connectivity index (χ0) is 15.7. The number of nitrogens with one attached hydrogen (secondary N) is 1. The predicted molar refractivity (Wildman–Crippen MR) is 90.4 cm³/mol. The summed E-state index contributed by atoms with van der Waals surface area (Å²) in [5.41, 5.74) is 2.43. The summed E-state index contributed by atoms with van der Waals surface area (Å²) in [6.45, 7) is 3.01. The summed E-state index contributed by atoms with van der Waals surface area (Å²) < 4.78 is 7.83. The van der Waals surface area contributed by atoms with Gasteiger partial charge in [-0.2, -0.15) is 0 Å². The van der Waals surface area contributed by atoms with E-state index in [2.05, 4.69) is 62.3 Å². The third-order valence-electron chi connectivity index (χ3n) is 3.05. The zero-order valence-electron chi connectivity index (χ0n) is 14.1. The molecular formula is C18H30N2O+2. The molecule has 1 aromatic carbocycles. The lowest BCUT2D eigenvalue weighted by Crippen LogP contribution is -3.00. The molecule has 0 radical (unpaired) electrons. The average molecular weight is 290 g/mol. The van der Waals surface area contributed by atoms with Gasteiger partial charge in [0.25, 0.3) is 0 Å². The number of unbranched alkanes of at least 4 members (excludes halogenated alkanes) is 2. The molecule has 0 unspecified atom stereocenters. The van der Waals surface area contributed by atoms with Crippen molar-refractivity contribution < 1.29 is 14.2 Å². The third kappa shape index (κ3) is 7.09. The van der Waals surface area contributed by atoms with Crippen LogP contribution in [0, 0.1) is 0 Å². The van der Waals surface area contributed by atoms with Crippen molar-refractivity contribution in [2.45, 2.75) is 26.2 Å². The van der Waals surface area contributed by atoms with Crippen LogP contribution in [0.15, 0.2) is 30.5 Å². The molecule has 0 aromatic heterocycles. The second kappa shape index (κ2) is 9.35. The minimum Gasteiger partial charge on any atom is -0.494 e. The Bertz CT molecular complexity index is 468. The van der Waals surface area contributed by atoms with Gasteiger partial charge in [0, 0.05) is 0 Å². The molecule has 0 saturated heterocycles. The quantitative estimate of drug-likeness (QED) is 0.441. The summed E-state index contributed by atoms with van der Waals surface area (Å²) in [5, 5.41) is 0. The lowest BCUT2D eigenvalue weighted by Gasteiger charge is -2.07. The maximum atomic E-state index is 5.76. The van der Waals surface area contributed by atoms with Gasteiger partial charge in [-0.3, -0.25) is 0 Å². The highest BCUT2D eigenvalue weighted by Crippen LogP contribution is 2.17. The molecule has 0 fully saturated rings. The molecule has 0 heterocycles. The highest BCUT2D eigenvalue weighted by atomic mass is 16.5. The molecule has 3 nitrogen and oxygen atoms in total. The molecule has 0 atom stereocenters. The summed E-state index contributed by atoms with van der Waals surface area (Å²) in [7, 11) is 8.33. The van der Waals surface area contributed by atoms with Crippen LogP contribution in [0.25, 0.3) is 5.57 Å². The Morgan fingerprint density at radius 2 is 1.81 bits per heavy atom. The van der Waals surface area contributed by atoms with E-state index in [1.165, 1.54) is 28.9 Å². The van der Waals surface area contributed by atoms with Gasteiger partial charge in [-0.05, 0) is 24.1 Å². The van der Waals surface area contributed by atoms with E-state index >= 15 is 0 Å². The maximum Gasteiger partial charge on any atom is 0.176 e. The monoisotopic (exact) mass is 290 g/mol. The summed E-state index contributed by atoms with van der Waals surface area (Å²) in [5.74, 6) is 0.955. The van der Waals surface area contributed by atoms with Crippen molar-refractivity contribution in [1.29, 1.82) is 0 Å². The van der Waals surface area contributed by atoms with E-state index in [1.807, 2.05) is 14.1 Å². The van der Waals surface area contributed by atoms with Crippen molar-refractivity contribution in [3.8, 4) is 5.75 Å². The van der Waals surface area contributed by atoms with Gasteiger partial charge >= 0.3 is 0 Å². The molecule has 1 rings (SSSR count). The number of ether oxygens (including phenoxy) is 1. The first-order chi connectivity index (χ1) is 10.0. The fraction of sp³-hybridized carbons (Fsp3) is 0.500. The molecule has 0 spiro atoms. The van der Waals surface area contributed by atoms with Gasteiger partial charge < -0.3 is 9.64 Å². The Morgan fingerprint density at radius 3 is 2.33 bits per heavy atom. The predicted octanol–water partition coefficient (Wildman–Crippen LogP) is 2.08. The van der Waals surface area contributed by atoms with E-state index in [1.54, 1.807) is 0 Å². The number of hydrogen-bond acceptors (Lipinski definition) is 1. The second-order valence-electron chi connectivity index (χ2n) is 5.85. The number of hydrogen-bond donors (Lipinski definition) is 1. The van der Waals surface area contributed by atoms with Crippen LogP contribution in [0.2, 0.25) is 0 Å². The van der Waals surface area contributed by atoms with Crippen LogP contribution in [0.3, 0.4) is 0 Å². The van der Waals surface area contributed by atoms with E-state index in [9.17, 15) is 0 Å². The Hall–Kier alpha value is -1.61. The van der Waals surface area contributed by atoms with Crippen LogP contribution in [0.5, 0.6) is 5.75 Å². The SMILES string of the molecule is CCCCCOc1ccc(/C(C=[N+](C)C)=C\[NH+](C)C)cc1. The van der Waals surface area contributed by atoms with Crippen LogP contribution in [-0.4, -0.2) is 45.6 Å². The molecule has 1 aromatic rings. The van der Waals surface area contributed by atoms with Gasteiger partial charge in [0.2, 0.25) is 0 Å². The lowest BCUT2D eigenvalue weighted by molar-refractivity contribution is -0.800. The Kier molecular flexibility index (Phi) is 7.76. The van der Waals surface area contributed by atoms with Crippen LogP contribution >= 0.6 is 0 Å².